The monoisotopic (exact) mass is 252 g/mol. The highest BCUT2D eigenvalue weighted by Gasteiger charge is 2.29. The van der Waals surface area contributed by atoms with Gasteiger partial charge in [-0.05, 0) is 40.3 Å². The van der Waals surface area contributed by atoms with Gasteiger partial charge in [0.15, 0.2) is 0 Å². The molecule has 0 saturated heterocycles. The van der Waals surface area contributed by atoms with Crippen molar-refractivity contribution >= 4 is 28.3 Å². The minimum atomic E-state index is 0.803. The largest absolute Gasteiger partial charge is 0.399 e. The molecule has 88 valence electrons. The maximum atomic E-state index is 5.73. The van der Waals surface area contributed by atoms with Gasteiger partial charge in [0.1, 0.15) is 0 Å². The molecule has 2 nitrogen and oxygen atoms in total. The Morgan fingerprint density at radius 2 is 1.89 bits per heavy atom. The number of anilines is 1. The van der Waals surface area contributed by atoms with Crippen LogP contribution in [0.3, 0.4) is 0 Å². The summed E-state index contributed by atoms with van der Waals surface area (Å²) in [7, 11) is 0. The van der Waals surface area contributed by atoms with Gasteiger partial charge in [-0.15, -0.1) is 11.3 Å². The first-order valence-corrected chi connectivity index (χ1v) is 6.90. The van der Waals surface area contributed by atoms with Gasteiger partial charge < -0.3 is 5.73 Å². The number of aliphatic imine (C=N–C) groups is 1. The molecule has 0 radical (unpaired) electrons. The average Bonchev–Trinajstić information content (AvgIpc) is 3.01. The maximum Gasteiger partial charge on any atom is 0.0690 e. The molecular weight excluding hydrogens is 240 g/mol. The molecule has 0 unspecified atom stereocenters. The molecule has 2 aromatic rings. The first-order chi connectivity index (χ1) is 8.83. The Balaban J connectivity index is 1.77. The number of hydrogen-bond acceptors (Lipinski definition) is 3. The zero-order valence-electron chi connectivity index (χ0n) is 9.81. The van der Waals surface area contributed by atoms with E-state index in [2.05, 4.69) is 23.6 Å². The molecule has 2 N–H and O–H groups in total. The van der Waals surface area contributed by atoms with E-state index in [-0.39, 0.29) is 0 Å². The second-order valence-electron chi connectivity index (χ2n) is 4.68. The quantitative estimate of drug-likeness (QED) is 0.778. The van der Waals surface area contributed by atoms with Crippen molar-refractivity contribution in [3.05, 3.63) is 57.3 Å². The summed E-state index contributed by atoms with van der Waals surface area (Å²) in [6.07, 6.45) is 1.05. The van der Waals surface area contributed by atoms with E-state index in [1.54, 1.807) is 0 Å². The van der Waals surface area contributed by atoms with Crippen LogP contribution < -0.4 is 5.73 Å². The summed E-state index contributed by atoms with van der Waals surface area (Å²) in [5.41, 5.74) is 13.1. The molecule has 0 spiro atoms. The van der Waals surface area contributed by atoms with Crippen LogP contribution in [0.2, 0.25) is 0 Å². The van der Waals surface area contributed by atoms with Gasteiger partial charge in [-0.1, -0.05) is 12.1 Å². The SMILES string of the molecule is Nc1ccc(C2=NCC3=C2Cc2sccc23)cc1. The number of hydrogen-bond donors (Lipinski definition) is 1. The number of nitrogen functional groups attached to an aromatic ring is 1. The van der Waals surface area contributed by atoms with E-state index in [4.69, 9.17) is 10.7 Å². The summed E-state index contributed by atoms with van der Waals surface area (Å²) in [5.74, 6) is 0. The smallest absolute Gasteiger partial charge is 0.0690 e. The normalized spacial score (nSPS) is 16.8. The molecule has 1 aliphatic heterocycles. The number of rotatable bonds is 1. The Morgan fingerprint density at radius 1 is 1.06 bits per heavy atom. The molecule has 0 bridgehead atoms. The number of thiophene rings is 1. The van der Waals surface area contributed by atoms with Gasteiger partial charge in [-0.2, -0.15) is 0 Å². The van der Waals surface area contributed by atoms with Gasteiger partial charge in [0.25, 0.3) is 0 Å². The molecule has 2 aliphatic rings. The molecule has 18 heavy (non-hydrogen) atoms. The highest BCUT2D eigenvalue weighted by Crippen LogP contribution is 2.40. The molecule has 1 aromatic heterocycles. The lowest BCUT2D eigenvalue weighted by atomic mass is 10.0. The lowest BCUT2D eigenvalue weighted by Crippen LogP contribution is -2.03. The van der Waals surface area contributed by atoms with Gasteiger partial charge in [-0.25, -0.2) is 0 Å². The number of nitrogens with two attached hydrogens (primary N) is 1. The molecule has 2 heterocycles. The summed E-state index contributed by atoms with van der Waals surface area (Å²) >= 11 is 1.85. The third kappa shape index (κ3) is 1.31. The molecule has 0 atom stereocenters. The predicted molar refractivity (Wildman–Crippen MR) is 77.2 cm³/mol. The van der Waals surface area contributed by atoms with Crippen LogP contribution in [0.4, 0.5) is 5.69 Å². The van der Waals surface area contributed by atoms with E-state index in [1.165, 1.54) is 27.2 Å². The fourth-order valence-corrected chi connectivity index (χ4v) is 3.66. The number of allylic oxidation sites excluding steroid dienone is 1. The average molecular weight is 252 g/mol. The van der Waals surface area contributed by atoms with Crippen LogP contribution in [0.5, 0.6) is 0 Å². The first kappa shape index (κ1) is 10.1. The van der Waals surface area contributed by atoms with Crippen LogP contribution in [0.25, 0.3) is 5.57 Å². The summed E-state index contributed by atoms with van der Waals surface area (Å²) in [6, 6.07) is 10.2. The number of nitrogens with zero attached hydrogens (tertiary/aromatic N) is 1. The molecule has 3 heteroatoms. The molecule has 0 saturated carbocycles. The summed E-state index contributed by atoms with van der Waals surface area (Å²) in [5, 5.41) is 2.18. The van der Waals surface area contributed by atoms with E-state index in [0.29, 0.717) is 0 Å². The minimum absolute atomic E-state index is 0.803. The van der Waals surface area contributed by atoms with Crippen LogP contribution in [0.1, 0.15) is 16.0 Å². The highest BCUT2D eigenvalue weighted by molar-refractivity contribution is 7.10. The highest BCUT2D eigenvalue weighted by atomic mass is 32.1. The summed E-state index contributed by atoms with van der Waals surface area (Å²) in [4.78, 5) is 6.19. The van der Waals surface area contributed by atoms with Crippen molar-refractivity contribution in [1.82, 2.24) is 0 Å². The van der Waals surface area contributed by atoms with Crippen LogP contribution in [0.15, 0.2) is 46.3 Å². The lowest BCUT2D eigenvalue weighted by Gasteiger charge is -2.05. The number of fused-ring (bicyclic) bond motifs is 2. The fraction of sp³-hybridized carbons (Fsp3) is 0.133. The van der Waals surface area contributed by atoms with Crippen molar-refractivity contribution in [2.24, 2.45) is 4.99 Å². The van der Waals surface area contributed by atoms with Gasteiger partial charge in [-0.3, -0.25) is 4.99 Å². The van der Waals surface area contributed by atoms with Gasteiger partial charge in [0, 0.05) is 22.5 Å². The standard InChI is InChI=1S/C15H12N2S/c16-10-3-1-9(2-4-10)15-12-7-14-11(5-6-18-14)13(12)8-17-15/h1-6H,7-8,16H2. The lowest BCUT2D eigenvalue weighted by molar-refractivity contribution is 1.27. The van der Waals surface area contributed by atoms with Crippen LogP contribution >= 0.6 is 11.3 Å². The zero-order valence-corrected chi connectivity index (χ0v) is 10.6. The van der Waals surface area contributed by atoms with Crippen molar-refractivity contribution in [2.45, 2.75) is 6.42 Å². The Labute approximate surface area is 109 Å². The van der Waals surface area contributed by atoms with Crippen molar-refractivity contribution < 1.29 is 0 Å². The minimum Gasteiger partial charge on any atom is -0.399 e. The van der Waals surface area contributed by atoms with E-state index in [0.717, 1.165) is 24.4 Å². The maximum absolute atomic E-state index is 5.73. The topological polar surface area (TPSA) is 38.4 Å². The van der Waals surface area contributed by atoms with Gasteiger partial charge in [0.05, 0.1) is 12.3 Å². The first-order valence-electron chi connectivity index (χ1n) is 6.02. The van der Waals surface area contributed by atoms with E-state index >= 15 is 0 Å². The van der Waals surface area contributed by atoms with Crippen LogP contribution in [-0.4, -0.2) is 12.3 Å². The molecule has 4 rings (SSSR count). The summed E-state index contributed by atoms with van der Waals surface area (Å²) in [6.45, 7) is 0.832. The van der Waals surface area contributed by atoms with Crippen molar-refractivity contribution in [3.63, 3.8) is 0 Å². The van der Waals surface area contributed by atoms with Gasteiger partial charge >= 0.3 is 0 Å². The predicted octanol–water partition coefficient (Wildman–Crippen LogP) is 3.14. The molecule has 1 aliphatic carbocycles. The third-order valence-corrected chi connectivity index (χ3v) is 4.56. The Bertz CT molecular complexity index is 690. The zero-order chi connectivity index (χ0) is 12.1. The molecular formula is C15H12N2S. The van der Waals surface area contributed by atoms with Crippen LogP contribution in [0, 0.1) is 0 Å². The fourth-order valence-electron chi connectivity index (χ4n) is 2.74. The van der Waals surface area contributed by atoms with E-state index in [1.807, 2.05) is 23.5 Å². The van der Waals surface area contributed by atoms with Gasteiger partial charge in [0.2, 0.25) is 0 Å². The van der Waals surface area contributed by atoms with E-state index < -0.39 is 0 Å². The Kier molecular flexibility index (Phi) is 2.00. The third-order valence-electron chi connectivity index (χ3n) is 3.64. The Hall–Kier alpha value is -1.87. The molecule has 0 fully saturated rings. The van der Waals surface area contributed by atoms with Crippen molar-refractivity contribution in [2.75, 3.05) is 12.3 Å². The Morgan fingerprint density at radius 3 is 2.72 bits per heavy atom. The molecule has 1 aromatic carbocycles. The van der Waals surface area contributed by atoms with Crippen LogP contribution in [-0.2, 0) is 6.42 Å². The van der Waals surface area contributed by atoms with Crippen molar-refractivity contribution in [3.8, 4) is 0 Å². The molecule has 0 amide bonds. The summed E-state index contributed by atoms with van der Waals surface area (Å²) < 4.78 is 0. The van der Waals surface area contributed by atoms with Crippen molar-refractivity contribution in [1.29, 1.82) is 0 Å². The second-order valence-corrected chi connectivity index (χ2v) is 5.68. The number of benzene rings is 1. The van der Waals surface area contributed by atoms with E-state index in [9.17, 15) is 0 Å². The second kappa shape index (κ2) is 3.56.